The van der Waals surface area contributed by atoms with Gasteiger partial charge < -0.3 is 39.7 Å². The molecule has 1 aromatic heterocycles. The van der Waals surface area contributed by atoms with Gasteiger partial charge in [0, 0.05) is 57.1 Å². The fraction of sp³-hybridized carbons (Fsp3) is 0.516. The first-order valence-electron chi connectivity index (χ1n) is 15.2. The lowest BCUT2D eigenvalue weighted by Crippen LogP contribution is -2.56. The summed E-state index contributed by atoms with van der Waals surface area (Å²) in [4.78, 5) is 83.5. The number of carbonyl (C=O) groups is 6. The van der Waals surface area contributed by atoms with Gasteiger partial charge in [-0.1, -0.05) is 6.07 Å². The Morgan fingerprint density at radius 2 is 1.63 bits per heavy atom. The predicted octanol–water partition coefficient (Wildman–Crippen LogP) is 1.51. The highest BCUT2D eigenvalue weighted by atomic mass is 16.6. The van der Waals surface area contributed by atoms with Crippen molar-refractivity contribution in [2.24, 2.45) is 5.92 Å². The molecule has 0 bridgehead atoms. The van der Waals surface area contributed by atoms with Gasteiger partial charge in [-0.25, -0.2) is 9.78 Å². The van der Waals surface area contributed by atoms with Gasteiger partial charge in [0.15, 0.2) is 6.61 Å². The minimum Gasteiger partial charge on any atom is -0.483 e. The second-order valence-corrected chi connectivity index (χ2v) is 11.3. The SMILES string of the molecule is CCOC(=O)N1CCN(C(=O)C(CCC(=O)O)NC(=O)c2cc(OCC(=O)N3CCC(C(=O)O)CC3)c3ccc(C)cc3n2)CC1. The first kappa shape index (κ1) is 33.9. The van der Waals surface area contributed by atoms with Crippen LogP contribution >= 0.6 is 0 Å². The number of piperazine rings is 1. The van der Waals surface area contributed by atoms with E-state index in [1.54, 1.807) is 24.0 Å². The molecule has 1 aromatic carbocycles. The Bertz CT molecular complexity index is 1480. The van der Waals surface area contributed by atoms with Crippen LogP contribution < -0.4 is 10.1 Å². The van der Waals surface area contributed by atoms with E-state index in [2.05, 4.69) is 10.3 Å². The Kier molecular flexibility index (Phi) is 11.3. The lowest BCUT2D eigenvalue weighted by atomic mass is 9.97. The minimum atomic E-state index is -1.17. The summed E-state index contributed by atoms with van der Waals surface area (Å²) in [6.45, 7) is 4.85. The van der Waals surface area contributed by atoms with Crippen molar-refractivity contribution in [1.82, 2.24) is 25.0 Å². The second kappa shape index (κ2) is 15.4. The number of rotatable bonds is 11. The molecular weight excluding hydrogens is 602 g/mol. The third kappa shape index (κ3) is 8.61. The van der Waals surface area contributed by atoms with Gasteiger partial charge >= 0.3 is 18.0 Å². The first-order chi connectivity index (χ1) is 22.0. The number of carbonyl (C=O) groups excluding carboxylic acids is 4. The van der Waals surface area contributed by atoms with Gasteiger partial charge in [0.2, 0.25) is 5.91 Å². The molecule has 15 nitrogen and oxygen atoms in total. The number of likely N-dealkylation sites (tertiary alicyclic amines) is 1. The number of nitrogens with zero attached hydrogens (tertiary/aromatic N) is 4. The number of hydrogen-bond acceptors (Lipinski definition) is 9. The summed E-state index contributed by atoms with van der Waals surface area (Å²) >= 11 is 0. The summed E-state index contributed by atoms with van der Waals surface area (Å²) < 4.78 is 10.9. The molecule has 1 atom stereocenters. The molecule has 0 saturated carbocycles. The number of fused-ring (bicyclic) bond motifs is 1. The number of amides is 4. The van der Waals surface area contributed by atoms with Crippen LogP contribution in [0, 0.1) is 12.8 Å². The molecule has 248 valence electrons. The number of benzene rings is 1. The second-order valence-electron chi connectivity index (χ2n) is 11.3. The van der Waals surface area contributed by atoms with Gasteiger partial charge in [-0.15, -0.1) is 0 Å². The van der Waals surface area contributed by atoms with Crippen molar-refractivity contribution in [3.63, 3.8) is 0 Å². The zero-order valence-electron chi connectivity index (χ0n) is 25.9. The van der Waals surface area contributed by atoms with Crippen molar-refractivity contribution in [3.05, 3.63) is 35.5 Å². The normalized spacial score (nSPS) is 16.1. The molecule has 2 saturated heterocycles. The van der Waals surface area contributed by atoms with E-state index < -0.39 is 41.8 Å². The van der Waals surface area contributed by atoms with E-state index in [0.717, 1.165) is 5.56 Å². The van der Waals surface area contributed by atoms with Crippen LogP contribution in [0.15, 0.2) is 24.3 Å². The summed E-state index contributed by atoms with van der Waals surface area (Å²) in [7, 11) is 0. The number of nitrogens with one attached hydrogen (secondary N) is 1. The summed E-state index contributed by atoms with van der Waals surface area (Å²) in [5.41, 5.74) is 1.18. The van der Waals surface area contributed by atoms with E-state index in [1.165, 1.54) is 15.9 Å². The number of hydrogen-bond donors (Lipinski definition) is 3. The van der Waals surface area contributed by atoms with Crippen molar-refractivity contribution in [1.29, 1.82) is 0 Å². The van der Waals surface area contributed by atoms with Crippen LogP contribution in [0.1, 0.15) is 48.7 Å². The Hall–Kier alpha value is -4.95. The molecule has 0 spiro atoms. The topological polar surface area (TPSA) is 196 Å². The molecule has 2 aliphatic heterocycles. The lowest BCUT2D eigenvalue weighted by Gasteiger charge is -2.35. The number of carboxylic acids is 2. The van der Waals surface area contributed by atoms with Crippen LogP contribution in [0.5, 0.6) is 5.75 Å². The fourth-order valence-electron chi connectivity index (χ4n) is 5.45. The number of aliphatic carboxylic acids is 2. The maximum atomic E-state index is 13.5. The van der Waals surface area contributed by atoms with Crippen molar-refractivity contribution in [3.8, 4) is 5.75 Å². The van der Waals surface area contributed by atoms with Crippen molar-refractivity contribution in [2.75, 3.05) is 52.5 Å². The maximum absolute atomic E-state index is 13.5. The van der Waals surface area contributed by atoms with Crippen molar-refractivity contribution in [2.45, 2.75) is 45.6 Å². The summed E-state index contributed by atoms with van der Waals surface area (Å²) in [6, 6.07) is 5.53. The quantitative estimate of drug-likeness (QED) is 0.322. The van der Waals surface area contributed by atoms with Gasteiger partial charge in [0.05, 0.1) is 18.0 Å². The molecule has 3 heterocycles. The molecular formula is C31H39N5O10. The molecule has 2 aliphatic rings. The maximum Gasteiger partial charge on any atom is 0.409 e. The van der Waals surface area contributed by atoms with Crippen LogP contribution in [0.4, 0.5) is 4.79 Å². The Morgan fingerprint density at radius 3 is 2.26 bits per heavy atom. The summed E-state index contributed by atoms with van der Waals surface area (Å²) in [6.07, 6.45) is -0.312. The zero-order valence-corrected chi connectivity index (χ0v) is 25.9. The molecule has 3 N–H and O–H groups in total. The van der Waals surface area contributed by atoms with Gasteiger partial charge in [0.25, 0.3) is 11.8 Å². The van der Waals surface area contributed by atoms with Gasteiger partial charge in [0.1, 0.15) is 17.5 Å². The molecule has 2 aromatic rings. The molecule has 46 heavy (non-hydrogen) atoms. The number of ether oxygens (including phenoxy) is 2. The Balaban J connectivity index is 1.49. The highest BCUT2D eigenvalue weighted by molar-refractivity contribution is 5.99. The van der Waals surface area contributed by atoms with Gasteiger partial charge in [-0.3, -0.25) is 24.0 Å². The number of carboxylic acid groups (broad SMARTS) is 2. The van der Waals surface area contributed by atoms with Crippen molar-refractivity contribution >= 4 is 46.7 Å². The monoisotopic (exact) mass is 641 g/mol. The summed E-state index contributed by atoms with van der Waals surface area (Å²) in [5.74, 6) is -3.82. The van der Waals surface area contributed by atoms with E-state index in [1.807, 2.05) is 13.0 Å². The average molecular weight is 642 g/mol. The molecule has 4 amide bonds. The number of aryl methyl sites for hydroxylation is 1. The predicted molar refractivity (Wildman–Crippen MR) is 162 cm³/mol. The molecule has 0 aliphatic carbocycles. The smallest absolute Gasteiger partial charge is 0.409 e. The molecule has 4 rings (SSSR count). The molecule has 0 radical (unpaired) electrons. The molecule has 2 fully saturated rings. The Labute approximate surface area is 265 Å². The van der Waals surface area contributed by atoms with E-state index >= 15 is 0 Å². The number of pyridine rings is 1. The third-order valence-corrected chi connectivity index (χ3v) is 8.08. The average Bonchev–Trinajstić information content (AvgIpc) is 3.04. The number of piperidine rings is 1. The summed E-state index contributed by atoms with van der Waals surface area (Å²) in [5, 5.41) is 21.7. The van der Waals surface area contributed by atoms with Crippen LogP contribution in [0.25, 0.3) is 10.9 Å². The van der Waals surface area contributed by atoms with Gasteiger partial charge in [-0.2, -0.15) is 0 Å². The first-order valence-corrected chi connectivity index (χ1v) is 15.2. The molecule has 1 unspecified atom stereocenters. The highest BCUT2D eigenvalue weighted by Gasteiger charge is 2.32. The van der Waals surface area contributed by atoms with Crippen LogP contribution in [0.2, 0.25) is 0 Å². The van der Waals surface area contributed by atoms with E-state index in [0.29, 0.717) is 36.8 Å². The minimum absolute atomic E-state index is 0.0944. The van der Waals surface area contributed by atoms with Gasteiger partial charge in [-0.05, 0) is 50.8 Å². The Morgan fingerprint density at radius 1 is 0.957 bits per heavy atom. The standard InChI is InChI=1S/C31H39N5O10/c1-3-45-31(44)36-14-12-35(13-15-36)29(41)22(6-7-27(38)39)33-28(40)24-17-25(21-5-4-19(2)16-23(21)32-24)46-18-26(37)34-10-8-20(9-11-34)30(42)43/h4-5,16-17,20,22H,3,6-15,18H2,1-2H3,(H,33,40)(H,38,39)(H,42,43). The molecule has 15 heteroatoms. The van der Waals surface area contributed by atoms with Crippen LogP contribution in [-0.2, 0) is 23.9 Å². The van der Waals surface area contributed by atoms with Crippen molar-refractivity contribution < 1.29 is 48.5 Å². The van der Waals surface area contributed by atoms with E-state index in [4.69, 9.17) is 9.47 Å². The number of aromatic nitrogens is 1. The third-order valence-electron chi connectivity index (χ3n) is 8.08. The van der Waals surface area contributed by atoms with E-state index in [-0.39, 0.29) is 69.6 Å². The largest absolute Gasteiger partial charge is 0.483 e. The zero-order chi connectivity index (χ0) is 33.4. The van der Waals surface area contributed by atoms with Crippen LogP contribution in [0.3, 0.4) is 0 Å². The fourth-order valence-corrected chi connectivity index (χ4v) is 5.45. The highest BCUT2D eigenvalue weighted by Crippen LogP contribution is 2.27. The van der Waals surface area contributed by atoms with Crippen LogP contribution in [-0.4, -0.2) is 124 Å². The van der Waals surface area contributed by atoms with E-state index in [9.17, 15) is 39.0 Å². The lowest BCUT2D eigenvalue weighted by molar-refractivity contribution is -0.146.